The lowest BCUT2D eigenvalue weighted by atomic mass is 10.1. The van der Waals surface area contributed by atoms with Crippen LogP contribution in [0.25, 0.3) is 16.9 Å². The van der Waals surface area contributed by atoms with E-state index in [0.717, 1.165) is 0 Å². The van der Waals surface area contributed by atoms with Gasteiger partial charge >= 0.3 is 6.36 Å². The summed E-state index contributed by atoms with van der Waals surface area (Å²) in [6.45, 7) is 3.39. The number of amides is 1. The first-order chi connectivity index (χ1) is 14.7. The fourth-order valence-corrected chi connectivity index (χ4v) is 3.17. The lowest BCUT2D eigenvalue weighted by molar-refractivity contribution is -0.274. The Morgan fingerprint density at radius 3 is 2.71 bits per heavy atom. The van der Waals surface area contributed by atoms with E-state index in [1.54, 1.807) is 44.3 Å². The van der Waals surface area contributed by atoms with Crippen LogP contribution >= 0.6 is 0 Å². The first-order valence-corrected chi connectivity index (χ1v) is 9.15. The highest BCUT2D eigenvalue weighted by molar-refractivity contribution is 5.95. The van der Waals surface area contributed by atoms with Gasteiger partial charge in [-0.25, -0.2) is 9.50 Å². The molecule has 3 aromatic rings. The Morgan fingerprint density at radius 1 is 1.23 bits per heavy atom. The van der Waals surface area contributed by atoms with Gasteiger partial charge in [0.1, 0.15) is 11.6 Å². The van der Waals surface area contributed by atoms with Gasteiger partial charge < -0.3 is 15.5 Å². The molecule has 0 fully saturated rings. The molecule has 3 N–H and O–H groups in total. The molecule has 0 atom stereocenters. The molecule has 0 bridgehead atoms. The number of hydrogen-bond donors (Lipinski definition) is 3. The van der Waals surface area contributed by atoms with Gasteiger partial charge in [-0.1, -0.05) is 12.1 Å². The monoisotopic (exact) mass is 430 g/mol. The predicted molar refractivity (Wildman–Crippen MR) is 106 cm³/mol. The third kappa shape index (κ3) is 4.15. The van der Waals surface area contributed by atoms with Crippen LogP contribution in [0.1, 0.15) is 21.7 Å². The Kier molecular flexibility index (Phi) is 5.01. The maximum Gasteiger partial charge on any atom is 0.573 e. The van der Waals surface area contributed by atoms with Crippen LogP contribution in [0, 0.1) is 13.8 Å². The number of alkyl halides is 3. The second-order valence-corrected chi connectivity index (χ2v) is 6.70. The number of aryl methyl sites for hydroxylation is 2. The van der Waals surface area contributed by atoms with Crippen molar-refractivity contribution in [3.8, 4) is 17.0 Å². The number of fused-ring (bicyclic) bond motifs is 1. The highest BCUT2D eigenvalue weighted by Crippen LogP contribution is 2.33. The molecule has 11 heteroatoms. The standard InChI is InChI=1S/C20H17F3N6O2/c1-11-10-14(13-6-3-4-7-15(13)31-20(21,22)23)28-29-17(12(2)25-18(11)29)19(30)26-16-8-5-9-24-27-16/h3-10,24,27H,1-2H3,(H,26,30). The fraction of sp³-hybridized carbons (Fsp3) is 0.150. The molecule has 1 amide bonds. The average molecular weight is 430 g/mol. The fourth-order valence-electron chi connectivity index (χ4n) is 3.17. The summed E-state index contributed by atoms with van der Waals surface area (Å²) < 4.78 is 44.0. The van der Waals surface area contributed by atoms with E-state index < -0.39 is 18.0 Å². The van der Waals surface area contributed by atoms with E-state index in [-0.39, 0.29) is 17.0 Å². The summed E-state index contributed by atoms with van der Waals surface area (Å²) in [6, 6.07) is 7.28. The van der Waals surface area contributed by atoms with Gasteiger partial charge in [0.05, 0.1) is 11.4 Å². The molecule has 1 aliphatic rings. The van der Waals surface area contributed by atoms with Crippen molar-refractivity contribution in [2.24, 2.45) is 0 Å². The number of carbonyl (C=O) groups excluding carboxylic acids is 1. The molecule has 2 aromatic heterocycles. The van der Waals surface area contributed by atoms with Gasteiger partial charge in [-0.2, -0.15) is 5.10 Å². The van der Waals surface area contributed by atoms with Crippen molar-refractivity contribution in [1.82, 2.24) is 30.8 Å². The summed E-state index contributed by atoms with van der Waals surface area (Å²) in [5.41, 5.74) is 7.49. The Balaban J connectivity index is 1.80. The second kappa shape index (κ2) is 7.67. The van der Waals surface area contributed by atoms with E-state index in [1.807, 2.05) is 0 Å². The predicted octanol–water partition coefficient (Wildman–Crippen LogP) is 3.10. The van der Waals surface area contributed by atoms with Crippen LogP contribution in [-0.2, 0) is 0 Å². The molecule has 1 aliphatic heterocycles. The number of halogens is 3. The first kappa shape index (κ1) is 20.3. The van der Waals surface area contributed by atoms with Gasteiger partial charge in [0.2, 0.25) is 0 Å². The van der Waals surface area contributed by atoms with Crippen LogP contribution in [0.3, 0.4) is 0 Å². The zero-order chi connectivity index (χ0) is 22.2. The SMILES string of the molecule is Cc1nc2c(C)cc(-c3ccccc3OC(F)(F)F)nn2c1C(=O)NC1=CC=CNN1. The molecule has 0 unspecified atom stereocenters. The topological polar surface area (TPSA) is 92.6 Å². The third-order valence-corrected chi connectivity index (χ3v) is 4.44. The van der Waals surface area contributed by atoms with Gasteiger partial charge in [0.25, 0.3) is 5.91 Å². The maximum absolute atomic E-state index is 12.9. The number of benzene rings is 1. The van der Waals surface area contributed by atoms with Crippen molar-refractivity contribution < 1.29 is 22.7 Å². The van der Waals surface area contributed by atoms with Crippen molar-refractivity contribution in [3.05, 3.63) is 71.5 Å². The van der Waals surface area contributed by atoms with Crippen molar-refractivity contribution in [2.75, 3.05) is 0 Å². The number of rotatable bonds is 4. The minimum atomic E-state index is -4.85. The first-order valence-electron chi connectivity index (χ1n) is 9.15. The molecule has 31 heavy (non-hydrogen) atoms. The number of hydrazine groups is 1. The van der Waals surface area contributed by atoms with Crippen LogP contribution < -0.4 is 20.9 Å². The molecule has 160 valence electrons. The minimum Gasteiger partial charge on any atom is -0.405 e. The molecule has 1 aromatic carbocycles. The van der Waals surface area contributed by atoms with Gasteiger partial charge in [-0.05, 0) is 49.8 Å². The van der Waals surface area contributed by atoms with Crippen molar-refractivity contribution in [1.29, 1.82) is 0 Å². The smallest absolute Gasteiger partial charge is 0.405 e. The zero-order valence-electron chi connectivity index (χ0n) is 16.4. The van der Waals surface area contributed by atoms with Crippen LogP contribution in [0.2, 0.25) is 0 Å². The molecule has 0 aliphatic carbocycles. The van der Waals surface area contributed by atoms with E-state index in [0.29, 0.717) is 22.7 Å². The van der Waals surface area contributed by atoms with Gasteiger partial charge in [-0.15, -0.1) is 13.2 Å². The number of allylic oxidation sites excluding steroid dienone is 2. The van der Waals surface area contributed by atoms with E-state index in [4.69, 9.17) is 0 Å². The van der Waals surface area contributed by atoms with Crippen molar-refractivity contribution >= 4 is 11.6 Å². The third-order valence-electron chi connectivity index (χ3n) is 4.44. The molecule has 8 nitrogen and oxygen atoms in total. The van der Waals surface area contributed by atoms with Crippen LogP contribution in [-0.4, -0.2) is 26.9 Å². The van der Waals surface area contributed by atoms with E-state index in [1.165, 1.54) is 22.7 Å². The van der Waals surface area contributed by atoms with Crippen LogP contribution in [0.4, 0.5) is 13.2 Å². The van der Waals surface area contributed by atoms with Gasteiger partial charge in [0, 0.05) is 11.8 Å². The van der Waals surface area contributed by atoms with Gasteiger partial charge in [-0.3, -0.25) is 10.2 Å². The molecular weight excluding hydrogens is 413 g/mol. The Morgan fingerprint density at radius 2 is 2.00 bits per heavy atom. The normalized spacial score (nSPS) is 13.4. The number of ether oxygens (including phenoxy) is 1. The highest BCUT2D eigenvalue weighted by atomic mass is 19.4. The zero-order valence-corrected chi connectivity index (χ0v) is 16.4. The summed E-state index contributed by atoms with van der Waals surface area (Å²) in [5, 5.41) is 7.11. The summed E-state index contributed by atoms with van der Waals surface area (Å²) in [5.74, 6) is -0.457. The Hall–Kier alpha value is -4.02. The molecular formula is C20H17F3N6O2. The summed E-state index contributed by atoms with van der Waals surface area (Å²) in [4.78, 5) is 17.3. The van der Waals surface area contributed by atoms with Crippen LogP contribution in [0.5, 0.6) is 5.75 Å². The van der Waals surface area contributed by atoms with Gasteiger partial charge in [0.15, 0.2) is 11.3 Å². The van der Waals surface area contributed by atoms with E-state index in [2.05, 4.69) is 31.0 Å². The maximum atomic E-state index is 12.9. The summed E-state index contributed by atoms with van der Waals surface area (Å²) in [6.07, 6.45) is 0.148. The number of imidazole rings is 1. The number of nitrogens with zero attached hydrogens (tertiary/aromatic N) is 3. The molecule has 0 radical (unpaired) electrons. The van der Waals surface area contributed by atoms with E-state index >= 15 is 0 Å². The molecule has 0 saturated heterocycles. The lowest BCUT2D eigenvalue weighted by Gasteiger charge is -2.15. The Labute approximate surface area is 174 Å². The lowest BCUT2D eigenvalue weighted by Crippen LogP contribution is -2.39. The van der Waals surface area contributed by atoms with E-state index in [9.17, 15) is 18.0 Å². The highest BCUT2D eigenvalue weighted by Gasteiger charge is 2.32. The quantitative estimate of drug-likeness (QED) is 0.589. The molecule has 4 rings (SSSR count). The number of hydrogen-bond acceptors (Lipinski definition) is 6. The molecule has 3 heterocycles. The molecule has 0 saturated carbocycles. The summed E-state index contributed by atoms with van der Waals surface area (Å²) in [7, 11) is 0. The van der Waals surface area contributed by atoms with Crippen molar-refractivity contribution in [2.45, 2.75) is 20.2 Å². The van der Waals surface area contributed by atoms with Crippen molar-refractivity contribution in [3.63, 3.8) is 0 Å². The molecule has 0 spiro atoms. The largest absolute Gasteiger partial charge is 0.573 e. The number of carbonyl (C=O) groups is 1. The average Bonchev–Trinajstić information content (AvgIpc) is 3.04. The number of aromatic nitrogens is 3. The number of nitrogens with one attached hydrogen (secondary N) is 3. The number of para-hydroxylation sites is 1. The second-order valence-electron chi connectivity index (χ2n) is 6.70. The van der Waals surface area contributed by atoms with Crippen LogP contribution in [0.15, 0.2) is 54.5 Å². The summed E-state index contributed by atoms with van der Waals surface area (Å²) >= 11 is 0. The minimum absolute atomic E-state index is 0.133. The Bertz CT molecular complexity index is 1230.